The van der Waals surface area contributed by atoms with E-state index in [0.29, 0.717) is 0 Å². The third-order valence-corrected chi connectivity index (χ3v) is 4.83. The van der Waals surface area contributed by atoms with E-state index in [0.717, 1.165) is 8.95 Å². The zero-order chi connectivity index (χ0) is 11.7. The van der Waals surface area contributed by atoms with Gasteiger partial charge in [0.05, 0.1) is 0 Å². The fraction of sp³-hybridized carbons (Fsp3) is 0. The molecule has 0 aromatic heterocycles. The minimum atomic E-state index is 1.09. The molecule has 0 saturated carbocycles. The zero-order valence-corrected chi connectivity index (χ0v) is 15.5. The van der Waals surface area contributed by atoms with E-state index in [4.69, 9.17) is 0 Å². The summed E-state index contributed by atoms with van der Waals surface area (Å²) in [5, 5.41) is 0. The van der Waals surface area contributed by atoms with E-state index in [1.165, 1.54) is 18.3 Å². The average Bonchev–Trinajstić information content (AvgIpc) is 2.15. The molecule has 0 amide bonds. The largest absolute Gasteiger partial charge is 0.0601 e. The highest BCUT2D eigenvalue weighted by Crippen LogP contribution is 2.33. The van der Waals surface area contributed by atoms with Crippen molar-refractivity contribution in [3.05, 3.63) is 52.5 Å². The van der Waals surface area contributed by atoms with Crippen molar-refractivity contribution in [3.8, 4) is 11.1 Å². The Hall–Kier alpha value is 0.860. The van der Waals surface area contributed by atoms with Gasteiger partial charge >= 0.3 is 0 Å². The molecule has 0 heterocycles. The molecule has 0 fully saturated rings. The van der Waals surface area contributed by atoms with Gasteiger partial charge in [-0.15, -0.1) is 0 Å². The Morgan fingerprint density at radius 2 is 1.31 bits per heavy atom. The lowest BCUT2D eigenvalue weighted by Gasteiger charge is -2.08. The maximum absolute atomic E-state index is 3.52. The number of hydrogen-bond acceptors (Lipinski definition) is 0. The fourth-order valence-corrected chi connectivity index (χ4v) is 4.90. The van der Waals surface area contributed by atoms with Crippen LogP contribution in [0.3, 0.4) is 0 Å². The second kappa shape index (κ2) is 5.67. The molecular weight excluding hydrogens is 558 g/mol. The third kappa shape index (κ3) is 3.00. The van der Waals surface area contributed by atoms with Crippen molar-refractivity contribution >= 4 is 77.0 Å². The van der Waals surface area contributed by atoms with Crippen LogP contribution >= 0.6 is 77.0 Å². The van der Waals surface area contributed by atoms with Gasteiger partial charge in [0.1, 0.15) is 0 Å². The van der Waals surface area contributed by atoms with Crippen LogP contribution in [0.1, 0.15) is 0 Å². The van der Waals surface area contributed by atoms with Crippen LogP contribution in [0.15, 0.2) is 45.3 Å². The van der Waals surface area contributed by atoms with Crippen LogP contribution in [0, 0.1) is 7.14 Å². The van der Waals surface area contributed by atoms with Crippen molar-refractivity contribution in [2.75, 3.05) is 0 Å². The molecule has 0 aliphatic rings. The molecule has 0 atom stereocenters. The van der Waals surface area contributed by atoms with E-state index in [1.807, 2.05) is 6.07 Å². The van der Waals surface area contributed by atoms with Crippen LogP contribution < -0.4 is 0 Å². The van der Waals surface area contributed by atoms with Crippen molar-refractivity contribution in [2.45, 2.75) is 0 Å². The molecule has 2 rings (SSSR count). The first-order valence-electron chi connectivity index (χ1n) is 4.48. The summed E-state index contributed by atoms with van der Waals surface area (Å²) in [7, 11) is 0. The van der Waals surface area contributed by atoms with E-state index in [1.54, 1.807) is 0 Å². The first kappa shape index (κ1) is 13.3. The van der Waals surface area contributed by atoms with Crippen LogP contribution in [-0.4, -0.2) is 0 Å². The fourth-order valence-electron chi connectivity index (χ4n) is 1.47. The van der Waals surface area contributed by atoms with Gasteiger partial charge in [0.15, 0.2) is 0 Å². The SMILES string of the molecule is Brc1cc(Br)cc(-c2c(I)cccc2I)c1. The predicted molar refractivity (Wildman–Crippen MR) is 92.7 cm³/mol. The molecular formula is C12H6Br2I2. The lowest BCUT2D eigenvalue weighted by Crippen LogP contribution is -1.87. The average molecular weight is 564 g/mol. The molecule has 4 heteroatoms. The smallest absolute Gasteiger partial charge is 0.0219 e. The van der Waals surface area contributed by atoms with Gasteiger partial charge in [-0.25, -0.2) is 0 Å². The summed E-state index contributed by atoms with van der Waals surface area (Å²) in [4.78, 5) is 0. The van der Waals surface area contributed by atoms with Gasteiger partial charge in [-0.05, 0) is 81.1 Å². The highest BCUT2D eigenvalue weighted by atomic mass is 127. The highest BCUT2D eigenvalue weighted by molar-refractivity contribution is 14.1. The Kier molecular flexibility index (Phi) is 4.71. The third-order valence-electron chi connectivity index (χ3n) is 2.11. The molecule has 0 bridgehead atoms. The Labute approximate surface area is 139 Å². The van der Waals surface area contributed by atoms with Crippen LogP contribution in [0.2, 0.25) is 0 Å². The molecule has 0 unspecified atom stereocenters. The standard InChI is InChI=1S/C12H6Br2I2/c13-8-4-7(5-9(14)6-8)12-10(15)2-1-3-11(12)16/h1-6H. The van der Waals surface area contributed by atoms with Crippen LogP contribution in [0.25, 0.3) is 11.1 Å². The van der Waals surface area contributed by atoms with E-state index >= 15 is 0 Å². The molecule has 0 aliphatic carbocycles. The second-order valence-corrected chi connectivity index (χ2v) is 7.41. The minimum absolute atomic E-state index is 1.09. The summed E-state index contributed by atoms with van der Waals surface area (Å²) >= 11 is 11.8. The van der Waals surface area contributed by atoms with Gasteiger partial charge in [0, 0.05) is 21.6 Å². The summed E-state index contributed by atoms with van der Waals surface area (Å²) in [6.07, 6.45) is 0. The zero-order valence-electron chi connectivity index (χ0n) is 7.98. The first-order chi connectivity index (χ1) is 7.58. The van der Waals surface area contributed by atoms with E-state index < -0.39 is 0 Å². The molecule has 0 spiro atoms. The Morgan fingerprint density at radius 1 is 0.812 bits per heavy atom. The van der Waals surface area contributed by atoms with Crippen molar-refractivity contribution in [3.63, 3.8) is 0 Å². The molecule has 16 heavy (non-hydrogen) atoms. The van der Waals surface area contributed by atoms with Crippen molar-refractivity contribution in [1.29, 1.82) is 0 Å². The molecule has 2 aromatic rings. The molecule has 0 N–H and O–H groups in total. The van der Waals surface area contributed by atoms with E-state index in [-0.39, 0.29) is 0 Å². The predicted octanol–water partition coefficient (Wildman–Crippen LogP) is 6.09. The molecule has 0 radical (unpaired) electrons. The topological polar surface area (TPSA) is 0 Å². The lowest BCUT2D eigenvalue weighted by atomic mass is 10.1. The second-order valence-electron chi connectivity index (χ2n) is 3.25. The van der Waals surface area contributed by atoms with Gasteiger partial charge in [-0.2, -0.15) is 0 Å². The number of halogens is 4. The van der Waals surface area contributed by atoms with Crippen molar-refractivity contribution < 1.29 is 0 Å². The van der Waals surface area contributed by atoms with Gasteiger partial charge < -0.3 is 0 Å². The van der Waals surface area contributed by atoms with E-state index in [2.05, 4.69) is 107 Å². The van der Waals surface area contributed by atoms with Crippen molar-refractivity contribution in [2.24, 2.45) is 0 Å². The highest BCUT2D eigenvalue weighted by Gasteiger charge is 2.08. The summed E-state index contributed by atoms with van der Waals surface area (Å²) in [5.74, 6) is 0. The van der Waals surface area contributed by atoms with Crippen LogP contribution in [0.4, 0.5) is 0 Å². The molecule has 82 valence electrons. The summed E-state index contributed by atoms with van der Waals surface area (Å²) < 4.78 is 4.73. The molecule has 0 aliphatic heterocycles. The number of hydrogen-bond donors (Lipinski definition) is 0. The van der Waals surface area contributed by atoms with E-state index in [9.17, 15) is 0 Å². The maximum atomic E-state index is 3.52. The summed E-state index contributed by atoms with van der Waals surface area (Å²) in [6, 6.07) is 12.7. The summed E-state index contributed by atoms with van der Waals surface area (Å²) in [6.45, 7) is 0. The first-order valence-corrected chi connectivity index (χ1v) is 8.23. The Balaban J connectivity index is 2.67. The number of rotatable bonds is 1. The van der Waals surface area contributed by atoms with Crippen LogP contribution in [0.5, 0.6) is 0 Å². The Bertz CT molecular complexity index is 498. The normalized spacial score (nSPS) is 10.5. The quantitative estimate of drug-likeness (QED) is 0.369. The van der Waals surface area contributed by atoms with Gasteiger partial charge in [-0.1, -0.05) is 37.9 Å². The van der Waals surface area contributed by atoms with Crippen molar-refractivity contribution in [1.82, 2.24) is 0 Å². The lowest BCUT2D eigenvalue weighted by molar-refractivity contribution is 1.51. The monoisotopic (exact) mass is 562 g/mol. The summed E-state index contributed by atoms with van der Waals surface area (Å²) in [5.41, 5.74) is 2.53. The van der Waals surface area contributed by atoms with Crippen LogP contribution in [-0.2, 0) is 0 Å². The minimum Gasteiger partial charge on any atom is -0.0601 e. The molecule has 0 nitrogen and oxygen atoms in total. The molecule has 2 aromatic carbocycles. The van der Waals surface area contributed by atoms with Gasteiger partial charge in [0.2, 0.25) is 0 Å². The number of benzene rings is 2. The molecule has 0 saturated heterocycles. The Morgan fingerprint density at radius 3 is 1.81 bits per heavy atom. The van der Waals surface area contributed by atoms with Gasteiger partial charge in [0.25, 0.3) is 0 Å². The maximum Gasteiger partial charge on any atom is 0.0219 e. The van der Waals surface area contributed by atoms with Gasteiger partial charge in [-0.3, -0.25) is 0 Å².